The van der Waals surface area contributed by atoms with Gasteiger partial charge >= 0.3 is 0 Å². The zero-order chi connectivity index (χ0) is 22.6. The molecule has 1 rings (SSSR count). The SMILES string of the molecule is C[N+](C)(C)C[C@@H](CC(=O)[O-])NC(=O)CCCCCCCOCc1cc(F)ccc1F. The molecule has 0 fully saturated rings. The predicted molar refractivity (Wildman–Crippen MR) is 108 cm³/mol. The summed E-state index contributed by atoms with van der Waals surface area (Å²) in [6.07, 6.45) is 4.43. The van der Waals surface area contributed by atoms with Crippen LogP contribution < -0.4 is 10.4 Å². The summed E-state index contributed by atoms with van der Waals surface area (Å²) in [5.41, 5.74) is 0.211. The highest BCUT2D eigenvalue weighted by Crippen LogP contribution is 2.12. The smallest absolute Gasteiger partial charge is 0.220 e. The number of aliphatic carboxylic acids is 1. The first-order chi connectivity index (χ1) is 14.1. The molecule has 30 heavy (non-hydrogen) atoms. The Kier molecular flexibility index (Phi) is 11.5. The highest BCUT2D eigenvalue weighted by Gasteiger charge is 2.20. The van der Waals surface area contributed by atoms with Crippen molar-refractivity contribution in [2.24, 2.45) is 0 Å². The molecule has 0 aliphatic heterocycles. The number of carbonyl (C=O) groups is 2. The monoisotopic (exact) mass is 428 g/mol. The highest BCUT2D eigenvalue weighted by atomic mass is 19.1. The van der Waals surface area contributed by atoms with Crippen LogP contribution in [0, 0.1) is 11.6 Å². The number of nitrogens with one attached hydrogen (secondary N) is 1. The Labute approximate surface area is 177 Å². The predicted octanol–water partition coefficient (Wildman–Crippen LogP) is 2.15. The van der Waals surface area contributed by atoms with Crippen molar-refractivity contribution in [2.75, 3.05) is 34.3 Å². The first-order valence-corrected chi connectivity index (χ1v) is 10.4. The number of hydrogen-bond donors (Lipinski definition) is 1. The molecule has 0 spiro atoms. The third-order valence-electron chi connectivity index (χ3n) is 4.50. The van der Waals surface area contributed by atoms with E-state index in [-0.39, 0.29) is 24.5 Å². The Morgan fingerprint density at radius 1 is 1.10 bits per heavy atom. The summed E-state index contributed by atoms with van der Waals surface area (Å²) in [6, 6.07) is 2.86. The van der Waals surface area contributed by atoms with Gasteiger partial charge in [-0.25, -0.2) is 8.78 Å². The number of unbranched alkanes of at least 4 members (excludes halogenated alkanes) is 4. The van der Waals surface area contributed by atoms with Crippen LogP contribution in [-0.2, 0) is 20.9 Å². The van der Waals surface area contributed by atoms with Crippen molar-refractivity contribution in [3.63, 3.8) is 0 Å². The number of carbonyl (C=O) groups excluding carboxylic acids is 2. The highest BCUT2D eigenvalue weighted by molar-refractivity contribution is 5.77. The van der Waals surface area contributed by atoms with E-state index in [1.54, 1.807) is 0 Å². The lowest BCUT2D eigenvalue weighted by atomic mass is 10.1. The summed E-state index contributed by atoms with van der Waals surface area (Å²) in [6.45, 7) is 1.02. The molecule has 0 unspecified atom stereocenters. The number of carboxylic acid groups (broad SMARTS) is 1. The van der Waals surface area contributed by atoms with Gasteiger partial charge in [0.25, 0.3) is 0 Å². The minimum Gasteiger partial charge on any atom is -0.550 e. The second kappa shape index (κ2) is 13.3. The lowest BCUT2D eigenvalue weighted by Gasteiger charge is -2.30. The minimum atomic E-state index is -1.17. The lowest BCUT2D eigenvalue weighted by molar-refractivity contribution is -0.871. The van der Waals surface area contributed by atoms with Crippen molar-refractivity contribution < 1.29 is 32.7 Å². The van der Waals surface area contributed by atoms with Crippen molar-refractivity contribution in [2.45, 2.75) is 57.6 Å². The maximum Gasteiger partial charge on any atom is 0.220 e. The average Bonchev–Trinajstić information content (AvgIpc) is 2.61. The molecular formula is C22H34F2N2O4. The number of benzene rings is 1. The maximum atomic E-state index is 13.5. The number of hydrogen-bond acceptors (Lipinski definition) is 4. The third-order valence-corrected chi connectivity index (χ3v) is 4.50. The fourth-order valence-electron chi connectivity index (χ4n) is 3.18. The number of halogens is 2. The molecule has 0 saturated heterocycles. The molecule has 0 aliphatic carbocycles. The molecule has 6 nitrogen and oxygen atoms in total. The van der Waals surface area contributed by atoms with E-state index in [9.17, 15) is 23.5 Å². The number of ether oxygens (including phenoxy) is 1. The van der Waals surface area contributed by atoms with E-state index in [1.807, 2.05) is 21.1 Å². The van der Waals surface area contributed by atoms with Crippen molar-refractivity contribution >= 4 is 11.9 Å². The van der Waals surface area contributed by atoms with Crippen LogP contribution in [0.4, 0.5) is 8.78 Å². The zero-order valence-corrected chi connectivity index (χ0v) is 18.2. The Morgan fingerprint density at radius 2 is 1.77 bits per heavy atom. The molecule has 1 atom stereocenters. The maximum absolute atomic E-state index is 13.5. The van der Waals surface area contributed by atoms with Gasteiger partial charge in [-0.05, 0) is 31.0 Å². The molecule has 0 bridgehead atoms. The topological polar surface area (TPSA) is 78.5 Å². The molecular weight excluding hydrogens is 394 g/mol. The van der Waals surface area contributed by atoms with Crippen LogP contribution in [0.25, 0.3) is 0 Å². The molecule has 1 N–H and O–H groups in total. The van der Waals surface area contributed by atoms with Gasteiger partial charge < -0.3 is 24.4 Å². The van der Waals surface area contributed by atoms with Gasteiger partial charge in [0.15, 0.2) is 0 Å². The Morgan fingerprint density at radius 3 is 2.43 bits per heavy atom. The molecule has 0 saturated carbocycles. The van der Waals surface area contributed by atoms with Crippen molar-refractivity contribution in [3.8, 4) is 0 Å². The fourth-order valence-corrected chi connectivity index (χ4v) is 3.18. The first kappa shape index (κ1) is 26.0. The van der Waals surface area contributed by atoms with E-state index >= 15 is 0 Å². The van der Waals surface area contributed by atoms with Crippen molar-refractivity contribution in [3.05, 3.63) is 35.4 Å². The Bertz CT molecular complexity index is 678. The summed E-state index contributed by atoms with van der Waals surface area (Å²) in [5, 5.41) is 13.7. The fraction of sp³-hybridized carbons (Fsp3) is 0.636. The molecule has 1 amide bonds. The number of likely N-dealkylation sites (N-methyl/N-ethyl adjacent to an activating group) is 1. The van der Waals surface area contributed by atoms with Gasteiger partial charge in [-0.15, -0.1) is 0 Å². The van der Waals surface area contributed by atoms with Crippen molar-refractivity contribution in [1.29, 1.82) is 0 Å². The molecule has 0 radical (unpaired) electrons. The summed E-state index contributed by atoms with van der Waals surface area (Å²) in [4.78, 5) is 23.0. The molecule has 1 aromatic carbocycles. The van der Waals surface area contributed by atoms with Crippen LogP contribution in [0.5, 0.6) is 0 Å². The number of quaternary nitrogens is 1. The van der Waals surface area contributed by atoms with Gasteiger partial charge in [0.2, 0.25) is 5.91 Å². The van der Waals surface area contributed by atoms with Crippen LogP contribution in [0.3, 0.4) is 0 Å². The number of nitrogens with zero attached hydrogens (tertiary/aromatic N) is 1. The summed E-state index contributed by atoms with van der Waals surface area (Å²) < 4.78 is 32.5. The Hall–Kier alpha value is -2.06. The summed E-state index contributed by atoms with van der Waals surface area (Å²) >= 11 is 0. The lowest BCUT2D eigenvalue weighted by Crippen LogP contribution is -2.50. The third kappa shape index (κ3) is 12.5. The molecule has 8 heteroatoms. The largest absolute Gasteiger partial charge is 0.550 e. The van der Waals surface area contributed by atoms with E-state index in [4.69, 9.17) is 4.74 Å². The molecule has 0 aromatic heterocycles. The summed E-state index contributed by atoms with van der Waals surface area (Å²) in [5.74, 6) is -2.27. The van der Waals surface area contributed by atoms with Gasteiger partial charge in [0.05, 0.1) is 40.3 Å². The second-order valence-corrected chi connectivity index (χ2v) is 8.62. The Balaban J connectivity index is 2.11. The van der Waals surface area contributed by atoms with E-state index in [1.165, 1.54) is 0 Å². The first-order valence-electron chi connectivity index (χ1n) is 10.4. The van der Waals surface area contributed by atoms with Crippen LogP contribution in [0.15, 0.2) is 18.2 Å². The van der Waals surface area contributed by atoms with Crippen LogP contribution >= 0.6 is 0 Å². The van der Waals surface area contributed by atoms with E-state index in [0.29, 0.717) is 24.1 Å². The molecule has 0 aliphatic rings. The number of carboxylic acids is 1. The second-order valence-electron chi connectivity index (χ2n) is 8.62. The zero-order valence-electron chi connectivity index (χ0n) is 18.2. The van der Waals surface area contributed by atoms with Gasteiger partial charge in [0, 0.05) is 31.0 Å². The number of amides is 1. The van der Waals surface area contributed by atoms with Gasteiger partial charge in [0.1, 0.15) is 11.6 Å². The van der Waals surface area contributed by atoms with Crippen molar-refractivity contribution in [1.82, 2.24) is 5.32 Å². The summed E-state index contributed by atoms with van der Waals surface area (Å²) in [7, 11) is 5.81. The van der Waals surface area contributed by atoms with Crippen LogP contribution in [0.1, 0.15) is 50.5 Å². The van der Waals surface area contributed by atoms with Gasteiger partial charge in [-0.3, -0.25) is 4.79 Å². The minimum absolute atomic E-state index is 0.0457. The van der Waals surface area contributed by atoms with Gasteiger partial charge in [-0.2, -0.15) is 0 Å². The quantitative estimate of drug-likeness (QED) is 0.343. The molecule has 0 heterocycles. The van der Waals surface area contributed by atoms with E-state index < -0.39 is 23.6 Å². The molecule has 170 valence electrons. The standard InChI is InChI=1S/C22H34F2N2O4/c1-26(2,3)15-19(14-22(28)29)25-21(27)9-7-5-4-6-8-12-30-16-17-13-18(23)10-11-20(17)24/h10-11,13,19H,4-9,12,14-16H2,1-3H3,(H-,25,27,28,29)/t19-/m1/s1. The van der Waals surface area contributed by atoms with E-state index in [2.05, 4.69) is 5.32 Å². The van der Waals surface area contributed by atoms with Gasteiger partial charge in [-0.1, -0.05) is 19.3 Å². The average molecular weight is 429 g/mol. The van der Waals surface area contributed by atoms with Crippen LogP contribution in [-0.4, -0.2) is 56.7 Å². The number of rotatable bonds is 15. The molecule has 1 aromatic rings. The van der Waals surface area contributed by atoms with E-state index in [0.717, 1.165) is 50.3 Å². The van der Waals surface area contributed by atoms with Crippen LogP contribution in [0.2, 0.25) is 0 Å². The normalized spacial score (nSPS) is 12.6.